The predicted molar refractivity (Wildman–Crippen MR) is 66.4 cm³/mol. The molecule has 2 N–H and O–H groups in total. The van der Waals surface area contributed by atoms with Crippen LogP contribution in [0.3, 0.4) is 0 Å². The minimum absolute atomic E-state index is 0.232. The number of rotatable bonds is 4. The number of H-pyrrole nitrogens is 1. The largest absolute Gasteiger partial charge is 0.411 e. The van der Waals surface area contributed by atoms with Gasteiger partial charge in [-0.2, -0.15) is 18.2 Å². The second kappa shape index (κ2) is 5.96. The summed E-state index contributed by atoms with van der Waals surface area (Å²) >= 11 is 0. The van der Waals surface area contributed by atoms with E-state index in [0.29, 0.717) is 23.9 Å². The molecule has 1 aromatic heterocycles. The van der Waals surface area contributed by atoms with Gasteiger partial charge in [-0.25, -0.2) is 0 Å². The van der Waals surface area contributed by atoms with Crippen molar-refractivity contribution < 1.29 is 17.9 Å². The van der Waals surface area contributed by atoms with E-state index in [1.807, 2.05) is 4.90 Å². The zero-order chi connectivity index (χ0) is 14.8. The van der Waals surface area contributed by atoms with Crippen LogP contribution < -0.4 is 10.2 Å². The van der Waals surface area contributed by atoms with E-state index in [0.717, 1.165) is 13.1 Å². The Balaban J connectivity index is 1.88. The van der Waals surface area contributed by atoms with Crippen molar-refractivity contribution in [2.24, 2.45) is 0 Å². The van der Waals surface area contributed by atoms with Crippen LogP contribution in [0.4, 0.5) is 19.1 Å². The van der Waals surface area contributed by atoms with Crippen LogP contribution in [0.1, 0.15) is 19.7 Å². The first-order valence-corrected chi connectivity index (χ1v) is 6.40. The van der Waals surface area contributed by atoms with Crippen LogP contribution in [0.2, 0.25) is 0 Å². The summed E-state index contributed by atoms with van der Waals surface area (Å²) in [5.74, 6) is 0.791. The van der Waals surface area contributed by atoms with Crippen molar-refractivity contribution >= 4 is 5.95 Å². The van der Waals surface area contributed by atoms with Crippen molar-refractivity contribution in [3.63, 3.8) is 0 Å². The van der Waals surface area contributed by atoms with Gasteiger partial charge < -0.3 is 15.0 Å². The second-order valence-electron chi connectivity index (χ2n) is 5.06. The summed E-state index contributed by atoms with van der Waals surface area (Å²) in [6.45, 7) is 4.11. The van der Waals surface area contributed by atoms with Gasteiger partial charge in [0, 0.05) is 25.2 Å². The molecule has 0 radical (unpaired) electrons. The molecule has 2 atom stereocenters. The fourth-order valence-electron chi connectivity index (χ4n) is 2.24. The van der Waals surface area contributed by atoms with Crippen LogP contribution in [-0.4, -0.2) is 53.1 Å². The van der Waals surface area contributed by atoms with Gasteiger partial charge in [-0.3, -0.25) is 5.10 Å². The Morgan fingerprint density at radius 2 is 1.95 bits per heavy atom. The molecule has 0 bridgehead atoms. The number of hydrogen-bond acceptors (Lipinski definition) is 5. The molecule has 2 unspecified atom stereocenters. The lowest BCUT2D eigenvalue weighted by atomic mass is 10.1. The fraction of sp³-hybridized carbons (Fsp3) is 0.818. The third-order valence-electron chi connectivity index (χ3n) is 2.86. The number of alkyl halides is 3. The number of aromatic amines is 1. The fourth-order valence-corrected chi connectivity index (χ4v) is 2.24. The molecule has 0 amide bonds. The van der Waals surface area contributed by atoms with Gasteiger partial charge >= 0.3 is 6.18 Å². The van der Waals surface area contributed by atoms with Crippen LogP contribution in [0.5, 0.6) is 0 Å². The third-order valence-corrected chi connectivity index (χ3v) is 2.86. The second-order valence-corrected chi connectivity index (χ2v) is 5.06. The number of halogens is 3. The van der Waals surface area contributed by atoms with Crippen LogP contribution in [0.25, 0.3) is 0 Å². The molecule has 1 aromatic rings. The minimum Gasteiger partial charge on any atom is -0.364 e. The molecule has 114 valence electrons. The standard InChI is InChI=1S/C11H18F3N5O/c1-7-3-19(4-8(2)15-7)10-16-9(17-18-10)5-20-6-11(12,13)14/h7-8,15H,3-6H2,1-2H3,(H,16,17,18). The number of nitrogens with one attached hydrogen (secondary N) is 2. The van der Waals surface area contributed by atoms with Gasteiger partial charge in [-0.1, -0.05) is 0 Å². The molecule has 1 fully saturated rings. The lowest BCUT2D eigenvalue weighted by Gasteiger charge is -2.35. The monoisotopic (exact) mass is 293 g/mol. The smallest absolute Gasteiger partial charge is 0.364 e. The van der Waals surface area contributed by atoms with E-state index in [-0.39, 0.29) is 6.61 Å². The van der Waals surface area contributed by atoms with Gasteiger partial charge in [-0.05, 0) is 13.8 Å². The maximum absolute atomic E-state index is 12.0. The number of aromatic nitrogens is 3. The first-order valence-electron chi connectivity index (χ1n) is 6.40. The van der Waals surface area contributed by atoms with E-state index in [2.05, 4.69) is 39.1 Å². The molecular weight excluding hydrogens is 275 g/mol. The topological polar surface area (TPSA) is 66.1 Å². The molecule has 20 heavy (non-hydrogen) atoms. The van der Waals surface area contributed by atoms with E-state index >= 15 is 0 Å². The molecule has 0 spiro atoms. The highest BCUT2D eigenvalue weighted by Crippen LogP contribution is 2.16. The summed E-state index contributed by atoms with van der Waals surface area (Å²) < 4.78 is 40.4. The molecular formula is C11H18F3N5O. The van der Waals surface area contributed by atoms with Crippen molar-refractivity contribution in [2.75, 3.05) is 24.6 Å². The molecule has 1 aliphatic rings. The maximum Gasteiger partial charge on any atom is 0.411 e. The lowest BCUT2D eigenvalue weighted by molar-refractivity contribution is -0.177. The Hall–Kier alpha value is -1.35. The number of piperazine rings is 1. The maximum atomic E-state index is 12.0. The zero-order valence-corrected chi connectivity index (χ0v) is 11.4. The third kappa shape index (κ3) is 4.34. The molecule has 9 heteroatoms. The lowest BCUT2D eigenvalue weighted by Crippen LogP contribution is -2.54. The molecule has 0 saturated carbocycles. The molecule has 0 aromatic carbocycles. The average Bonchev–Trinajstić information content (AvgIpc) is 2.74. The SMILES string of the molecule is CC1CN(c2n[nH]c(COCC(F)(F)F)n2)CC(C)N1. The summed E-state index contributed by atoms with van der Waals surface area (Å²) in [5, 5.41) is 10.0. The van der Waals surface area contributed by atoms with Crippen molar-refractivity contribution in [3.05, 3.63) is 5.82 Å². The molecule has 2 rings (SSSR count). The quantitative estimate of drug-likeness (QED) is 0.869. The number of anilines is 1. The van der Waals surface area contributed by atoms with Crippen molar-refractivity contribution in [1.29, 1.82) is 0 Å². The van der Waals surface area contributed by atoms with Crippen LogP contribution in [-0.2, 0) is 11.3 Å². The summed E-state index contributed by atoms with van der Waals surface area (Å²) in [6.07, 6.45) is -4.33. The Morgan fingerprint density at radius 3 is 2.55 bits per heavy atom. The highest BCUT2D eigenvalue weighted by molar-refractivity contribution is 5.30. The summed E-state index contributed by atoms with van der Waals surface area (Å²) in [4.78, 5) is 6.16. The first kappa shape index (κ1) is 15.0. The normalized spacial score (nSPS) is 24.1. The van der Waals surface area contributed by atoms with E-state index in [9.17, 15) is 13.2 Å². The molecule has 2 heterocycles. The highest BCUT2D eigenvalue weighted by Gasteiger charge is 2.28. The van der Waals surface area contributed by atoms with E-state index in [1.54, 1.807) is 0 Å². The van der Waals surface area contributed by atoms with E-state index < -0.39 is 12.8 Å². The van der Waals surface area contributed by atoms with Crippen molar-refractivity contribution in [2.45, 2.75) is 38.7 Å². The van der Waals surface area contributed by atoms with E-state index in [4.69, 9.17) is 0 Å². The number of ether oxygens (including phenoxy) is 1. The van der Waals surface area contributed by atoms with Crippen LogP contribution >= 0.6 is 0 Å². The van der Waals surface area contributed by atoms with Gasteiger partial charge in [0.1, 0.15) is 13.2 Å². The summed E-state index contributed by atoms with van der Waals surface area (Å²) in [5.41, 5.74) is 0. The van der Waals surface area contributed by atoms with Gasteiger partial charge in [0.15, 0.2) is 5.82 Å². The van der Waals surface area contributed by atoms with Gasteiger partial charge in [0.25, 0.3) is 0 Å². The number of nitrogens with zero attached hydrogens (tertiary/aromatic N) is 3. The van der Waals surface area contributed by atoms with Gasteiger partial charge in [0.2, 0.25) is 5.95 Å². The van der Waals surface area contributed by atoms with Gasteiger partial charge in [0.05, 0.1) is 0 Å². The average molecular weight is 293 g/mol. The number of hydrogen-bond donors (Lipinski definition) is 2. The Kier molecular flexibility index (Phi) is 4.48. The molecule has 1 aliphatic heterocycles. The van der Waals surface area contributed by atoms with Crippen molar-refractivity contribution in [3.8, 4) is 0 Å². The van der Waals surface area contributed by atoms with Crippen LogP contribution in [0.15, 0.2) is 0 Å². The zero-order valence-electron chi connectivity index (χ0n) is 11.4. The Bertz CT molecular complexity index is 426. The Morgan fingerprint density at radius 1 is 1.30 bits per heavy atom. The van der Waals surface area contributed by atoms with E-state index in [1.165, 1.54) is 0 Å². The molecule has 6 nitrogen and oxygen atoms in total. The summed E-state index contributed by atoms with van der Waals surface area (Å²) in [7, 11) is 0. The molecule has 1 saturated heterocycles. The highest BCUT2D eigenvalue weighted by atomic mass is 19.4. The van der Waals surface area contributed by atoms with Crippen LogP contribution in [0, 0.1) is 0 Å². The molecule has 0 aliphatic carbocycles. The van der Waals surface area contributed by atoms with Gasteiger partial charge in [-0.15, -0.1) is 5.10 Å². The Labute approximate surface area is 114 Å². The summed E-state index contributed by atoms with van der Waals surface area (Å²) in [6, 6.07) is 0.615. The minimum atomic E-state index is -4.33. The first-order chi connectivity index (χ1) is 9.33. The van der Waals surface area contributed by atoms with Crippen molar-refractivity contribution in [1.82, 2.24) is 20.5 Å². The predicted octanol–water partition coefficient (Wildman–Crippen LogP) is 1.07.